The molecule has 114 valence electrons. The van der Waals surface area contributed by atoms with Gasteiger partial charge < -0.3 is 14.8 Å². The van der Waals surface area contributed by atoms with Crippen molar-refractivity contribution in [2.24, 2.45) is 5.92 Å². The van der Waals surface area contributed by atoms with Crippen LogP contribution >= 0.6 is 0 Å². The summed E-state index contributed by atoms with van der Waals surface area (Å²) >= 11 is 0. The molecule has 0 aromatic heterocycles. The van der Waals surface area contributed by atoms with Gasteiger partial charge in [-0.2, -0.15) is 0 Å². The van der Waals surface area contributed by atoms with Crippen molar-refractivity contribution in [2.75, 3.05) is 0 Å². The molecular formula is C17H23NO3. The summed E-state index contributed by atoms with van der Waals surface area (Å²) in [6.45, 7) is 7.17. The molecule has 1 N–H and O–H groups in total. The first-order chi connectivity index (χ1) is 9.73. The number of hydrogen-bond acceptors (Lipinski definition) is 3. The molecule has 0 bridgehead atoms. The normalized spacial score (nSPS) is 17.7. The van der Waals surface area contributed by atoms with Gasteiger partial charge in [0, 0.05) is 0 Å². The predicted molar refractivity (Wildman–Crippen MR) is 81.2 cm³/mol. The maximum Gasteiger partial charge on any atom is 0.408 e. The van der Waals surface area contributed by atoms with Gasteiger partial charge in [0.1, 0.15) is 11.9 Å². The van der Waals surface area contributed by atoms with Gasteiger partial charge in [-0.25, -0.2) is 4.79 Å². The molecule has 1 aliphatic carbocycles. The highest BCUT2D eigenvalue weighted by atomic mass is 16.6. The van der Waals surface area contributed by atoms with Crippen molar-refractivity contribution in [2.45, 2.75) is 51.7 Å². The lowest BCUT2D eigenvalue weighted by Gasteiger charge is -2.32. The number of carbonyl (C=O) groups excluding carboxylic acids is 2. The van der Waals surface area contributed by atoms with Crippen LogP contribution < -0.4 is 5.32 Å². The molecule has 0 radical (unpaired) electrons. The van der Waals surface area contributed by atoms with Gasteiger partial charge in [-0.15, -0.1) is 0 Å². The van der Waals surface area contributed by atoms with Crippen LogP contribution in [0.4, 0.5) is 4.79 Å². The Bertz CT molecular complexity index is 522. The van der Waals surface area contributed by atoms with E-state index in [2.05, 4.69) is 17.4 Å². The van der Waals surface area contributed by atoms with E-state index in [9.17, 15) is 9.59 Å². The molecule has 4 nitrogen and oxygen atoms in total. The summed E-state index contributed by atoms with van der Waals surface area (Å²) < 4.78 is 5.26. The molecule has 0 aliphatic heterocycles. The standard InChI is InChI=1S/C17H23NO3/c1-16(2,3)21-15(20)18-17(4,11-19)14-9-12-7-5-6-8-13(12)10-14/h5-8,11,14H,9-10H2,1-4H3,(H,18,20). The van der Waals surface area contributed by atoms with Crippen LogP contribution in [-0.2, 0) is 22.4 Å². The summed E-state index contributed by atoms with van der Waals surface area (Å²) in [5.41, 5.74) is 1.01. The average Bonchev–Trinajstić information content (AvgIpc) is 2.80. The van der Waals surface area contributed by atoms with E-state index in [-0.39, 0.29) is 5.92 Å². The van der Waals surface area contributed by atoms with Crippen LogP contribution in [0.3, 0.4) is 0 Å². The van der Waals surface area contributed by atoms with Crippen LogP contribution in [0.15, 0.2) is 24.3 Å². The zero-order chi connectivity index (χ0) is 15.7. The summed E-state index contributed by atoms with van der Waals surface area (Å²) in [7, 11) is 0. The molecule has 1 amide bonds. The maximum absolute atomic E-state index is 12.0. The lowest BCUT2D eigenvalue weighted by atomic mass is 9.84. The Morgan fingerprint density at radius 3 is 2.14 bits per heavy atom. The minimum atomic E-state index is -0.915. The van der Waals surface area contributed by atoms with Crippen molar-refractivity contribution in [3.8, 4) is 0 Å². The second-order valence-corrected chi connectivity index (χ2v) is 6.90. The van der Waals surface area contributed by atoms with E-state index < -0.39 is 17.2 Å². The Labute approximate surface area is 125 Å². The smallest absolute Gasteiger partial charge is 0.408 e. The Morgan fingerprint density at radius 2 is 1.71 bits per heavy atom. The minimum Gasteiger partial charge on any atom is -0.444 e. The lowest BCUT2D eigenvalue weighted by molar-refractivity contribution is -0.114. The molecule has 4 heteroatoms. The summed E-state index contributed by atoms with van der Waals surface area (Å²) in [6, 6.07) is 8.16. The van der Waals surface area contributed by atoms with Gasteiger partial charge in [0.15, 0.2) is 0 Å². The number of carbonyl (C=O) groups is 2. The zero-order valence-corrected chi connectivity index (χ0v) is 13.1. The number of amides is 1. The predicted octanol–water partition coefficient (Wildman–Crippen LogP) is 2.88. The number of rotatable bonds is 3. The van der Waals surface area contributed by atoms with Gasteiger partial charge in [-0.3, -0.25) is 0 Å². The van der Waals surface area contributed by atoms with Gasteiger partial charge >= 0.3 is 6.09 Å². The third-order valence-electron chi connectivity index (χ3n) is 3.91. The first kappa shape index (κ1) is 15.5. The van der Waals surface area contributed by atoms with E-state index in [4.69, 9.17) is 4.74 Å². The van der Waals surface area contributed by atoms with Gasteiger partial charge in [-0.05, 0) is 57.6 Å². The first-order valence-electron chi connectivity index (χ1n) is 7.28. The number of benzene rings is 1. The van der Waals surface area contributed by atoms with Crippen LogP contribution in [-0.4, -0.2) is 23.5 Å². The largest absolute Gasteiger partial charge is 0.444 e. The Morgan fingerprint density at radius 1 is 1.19 bits per heavy atom. The number of nitrogens with one attached hydrogen (secondary N) is 1. The molecule has 0 saturated carbocycles. The van der Waals surface area contributed by atoms with E-state index in [0.29, 0.717) is 0 Å². The fraction of sp³-hybridized carbons (Fsp3) is 0.529. The second kappa shape index (κ2) is 5.51. The number of fused-ring (bicyclic) bond motifs is 1. The molecular weight excluding hydrogens is 266 g/mol. The topological polar surface area (TPSA) is 55.4 Å². The third-order valence-corrected chi connectivity index (χ3v) is 3.91. The van der Waals surface area contributed by atoms with Crippen LogP contribution in [0.2, 0.25) is 0 Å². The van der Waals surface area contributed by atoms with Gasteiger partial charge in [0.2, 0.25) is 0 Å². The number of alkyl carbamates (subject to hydrolysis) is 1. The molecule has 0 spiro atoms. The van der Waals surface area contributed by atoms with Gasteiger partial charge in [0.25, 0.3) is 0 Å². The molecule has 1 unspecified atom stereocenters. The highest BCUT2D eigenvalue weighted by Gasteiger charge is 2.40. The van der Waals surface area contributed by atoms with Crippen molar-refractivity contribution >= 4 is 12.4 Å². The first-order valence-corrected chi connectivity index (χ1v) is 7.28. The molecule has 1 aliphatic rings. The molecule has 0 fully saturated rings. The zero-order valence-electron chi connectivity index (χ0n) is 13.1. The lowest BCUT2D eigenvalue weighted by Crippen LogP contribution is -2.54. The fourth-order valence-electron chi connectivity index (χ4n) is 2.73. The monoisotopic (exact) mass is 289 g/mol. The molecule has 21 heavy (non-hydrogen) atoms. The Hall–Kier alpha value is -1.84. The van der Waals surface area contributed by atoms with E-state index in [1.54, 1.807) is 27.7 Å². The summed E-state index contributed by atoms with van der Waals surface area (Å²) in [4.78, 5) is 23.6. The number of ether oxygens (including phenoxy) is 1. The molecule has 1 aromatic carbocycles. The minimum absolute atomic E-state index is 0.0555. The highest BCUT2D eigenvalue weighted by Crippen LogP contribution is 2.33. The van der Waals surface area contributed by atoms with Crippen LogP contribution in [0.25, 0.3) is 0 Å². The van der Waals surface area contributed by atoms with Crippen LogP contribution in [0.5, 0.6) is 0 Å². The Balaban J connectivity index is 2.09. The molecule has 2 rings (SSSR count). The fourth-order valence-corrected chi connectivity index (χ4v) is 2.73. The highest BCUT2D eigenvalue weighted by molar-refractivity contribution is 5.77. The average molecular weight is 289 g/mol. The van der Waals surface area contributed by atoms with Crippen LogP contribution in [0.1, 0.15) is 38.8 Å². The van der Waals surface area contributed by atoms with Crippen molar-refractivity contribution < 1.29 is 14.3 Å². The summed E-state index contributed by atoms with van der Waals surface area (Å²) in [6.07, 6.45) is 1.86. The van der Waals surface area contributed by atoms with E-state index in [1.165, 1.54) is 11.1 Å². The molecule has 1 atom stereocenters. The van der Waals surface area contributed by atoms with Gasteiger partial charge in [-0.1, -0.05) is 24.3 Å². The summed E-state index contributed by atoms with van der Waals surface area (Å²) in [5.74, 6) is 0.0555. The van der Waals surface area contributed by atoms with E-state index >= 15 is 0 Å². The quantitative estimate of drug-likeness (QED) is 0.871. The van der Waals surface area contributed by atoms with Crippen molar-refractivity contribution in [1.82, 2.24) is 5.32 Å². The van der Waals surface area contributed by atoms with Crippen molar-refractivity contribution in [3.63, 3.8) is 0 Å². The van der Waals surface area contributed by atoms with Crippen molar-refractivity contribution in [3.05, 3.63) is 35.4 Å². The molecule has 0 heterocycles. The Kier molecular flexibility index (Phi) is 4.08. The van der Waals surface area contributed by atoms with Gasteiger partial charge in [0.05, 0.1) is 5.54 Å². The maximum atomic E-state index is 12.0. The third kappa shape index (κ3) is 3.63. The van der Waals surface area contributed by atoms with Crippen LogP contribution in [0, 0.1) is 5.92 Å². The number of aldehydes is 1. The summed E-state index contributed by atoms with van der Waals surface area (Å²) in [5, 5.41) is 2.75. The number of hydrogen-bond donors (Lipinski definition) is 1. The van der Waals surface area contributed by atoms with Crippen molar-refractivity contribution in [1.29, 1.82) is 0 Å². The molecule has 1 aromatic rings. The van der Waals surface area contributed by atoms with E-state index in [0.717, 1.165) is 19.1 Å². The van der Waals surface area contributed by atoms with E-state index in [1.807, 2.05) is 12.1 Å². The molecule has 0 saturated heterocycles. The second-order valence-electron chi connectivity index (χ2n) is 6.90. The SMILES string of the molecule is CC(C)(C)OC(=O)NC(C)(C=O)C1Cc2ccccc2C1.